The van der Waals surface area contributed by atoms with Gasteiger partial charge in [-0.25, -0.2) is 0 Å². The molecule has 0 spiro atoms. The van der Waals surface area contributed by atoms with Gasteiger partial charge in [-0.05, 0) is 30.7 Å². The lowest BCUT2D eigenvalue weighted by atomic mass is 9.82. The number of nitrogen functional groups attached to an aromatic ring is 1. The molecule has 1 aliphatic heterocycles. The lowest BCUT2D eigenvalue weighted by Gasteiger charge is -2.33. The zero-order valence-electron chi connectivity index (χ0n) is 12.4. The summed E-state index contributed by atoms with van der Waals surface area (Å²) in [5.41, 5.74) is 7.23. The van der Waals surface area contributed by atoms with Crippen LogP contribution in [-0.2, 0) is 11.3 Å². The van der Waals surface area contributed by atoms with Gasteiger partial charge in [-0.1, -0.05) is 13.8 Å². The van der Waals surface area contributed by atoms with Gasteiger partial charge in [0.2, 0.25) is 0 Å². The van der Waals surface area contributed by atoms with Gasteiger partial charge in [-0.2, -0.15) is 0 Å². The van der Waals surface area contributed by atoms with Crippen LogP contribution >= 0.6 is 0 Å². The van der Waals surface area contributed by atoms with E-state index in [-0.39, 0.29) is 11.3 Å². The molecule has 2 rings (SSSR count). The first kappa shape index (κ1) is 14.9. The second-order valence-electron chi connectivity index (χ2n) is 5.96. The average molecular weight is 279 g/mol. The lowest BCUT2D eigenvalue weighted by Crippen LogP contribution is -2.39. The first-order valence-corrected chi connectivity index (χ1v) is 7.36. The van der Waals surface area contributed by atoms with E-state index in [1.807, 2.05) is 10.8 Å². The molecular weight excluding hydrogens is 254 g/mol. The summed E-state index contributed by atoms with van der Waals surface area (Å²) < 4.78 is 7.30. The van der Waals surface area contributed by atoms with Crippen LogP contribution in [0.25, 0.3) is 0 Å². The molecule has 1 aromatic rings. The molecule has 1 aliphatic rings. The summed E-state index contributed by atoms with van der Waals surface area (Å²) in [7, 11) is 0. The summed E-state index contributed by atoms with van der Waals surface area (Å²) in [4.78, 5) is 12.3. The minimum atomic E-state index is -0.0390. The Labute approximate surface area is 120 Å². The van der Waals surface area contributed by atoms with Gasteiger partial charge in [0.1, 0.15) is 5.69 Å². The number of ether oxygens (including phenoxy) is 1. The molecule has 112 valence electrons. The Bertz CT molecular complexity index is 462. The molecule has 1 fully saturated rings. The Hall–Kier alpha value is -1.49. The SMILES string of the molecule is CCCn1cc(N)cc1C(=O)NCC1(C)CCOCC1. The Morgan fingerprint density at radius 3 is 2.85 bits per heavy atom. The van der Waals surface area contributed by atoms with Crippen molar-refractivity contribution in [3.8, 4) is 0 Å². The van der Waals surface area contributed by atoms with E-state index in [9.17, 15) is 4.79 Å². The molecule has 1 amide bonds. The maximum absolute atomic E-state index is 12.3. The van der Waals surface area contributed by atoms with E-state index in [0.29, 0.717) is 17.9 Å². The minimum absolute atomic E-state index is 0.0390. The fraction of sp³-hybridized carbons (Fsp3) is 0.667. The number of carbonyl (C=O) groups excluding carboxylic acids is 1. The van der Waals surface area contributed by atoms with Crippen molar-refractivity contribution >= 4 is 11.6 Å². The first-order chi connectivity index (χ1) is 9.54. The molecule has 3 N–H and O–H groups in total. The van der Waals surface area contributed by atoms with Crippen LogP contribution in [-0.4, -0.2) is 30.2 Å². The van der Waals surface area contributed by atoms with Crippen LogP contribution in [0.1, 0.15) is 43.6 Å². The zero-order chi connectivity index (χ0) is 14.6. The average Bonchev–Trinajstić information content (AvgIpc) is 2.79. The standard InChI is InChI=1S/C15H25N3O2/c1-3-6-18-10-12(16)9-13(18)14(19)17-11-15(2)4-7-20-8-5-15/h9-10H,3-8,11,16H2,1-2H3,(H,17,19). The largest absolute Gasteiger partial charge is 0.397 e. The molecule has 0 saturated carbocycles. The predicted octanol–water partition coefficient (Wildman–Crippen LogP) is 2.03. The number of rotatable bonds is 5. The van der Waals surface area contributed by atoms with E-state index >= 15 is 0 Å². The molecule has 0 aromatic carbocycles. The van der Waals surface area contributed by atoms with Crippen LogP contribution in [0.5, 0.6) is 0 Å². The monoisotopic (exact) mass is 279 g/mol. The van der Waals surface area contributed by atoms with Crippen molar-refractivity contribution < 1.29 is 9.53 Å². The molecule has 20 heavy (non-hydrogen) atoms. The van der Waals surface area contributed by atoms with Crippen LogP contribution < -0.4 is 11.1 Å². The van der Waals surface area contributed by atoms with Gasteiger partial charge >= 0.3 is 0 Å². The van der Waals surface area contributed by atoms with E-state index in [1.54, 1.807) is 6.07 Å². The number of amides is 1. The normalized spacial score (nSPS) is 17.9. The highest BCUT2D eigenvalue weighted by atomic mass is 16.5. The van der Waals surface area contributed by atoms with E-state index in [2.05, 4.69) is 19.2 Å². The number of nitrogens with one attached hydrogen (secondary N) is 1. The third kappa shape index (κ3) is 3.54. The number of nitrogens with zero attached hydrogens (tertiary/aromatic N) is 1. The second kappa shape index (κ2) is 6.31. The molecule has 0 unspecified atom stereocenters. The quantitative estimate of drug-likeness (QED) is 0.866. The fourth-order valence-corrected chi connectivity index (χ4v) is 2.57. The van der Waals surface area contributed by atoms with Gasteiger partial charge in [0.25, 0.3) is 5.91 Å². The fourth-order valence-electron chi connectivity index (χ4n) is 2.57. The zero-order valence-corrected chi connectivity index (χ0v) is 12.4. The molecule has 0 bridgehead atoms. The summed E-state index contributed by atoms with van der Waals surface area (Å²) in [5.74, 6) is -0.0390. The number of aryl methyl sites for hydroxylation is 1. The Morgan fingerprint density at radius 2 is 2.20 bits per heavy atom. The molecule has 1 saturated heterocycles. The molecule has 2 heterocycles. The van der Waals surface area contributed by atoms with Gasteiger partial charge in [0.15, 0.2) is 0 Å². The smallest absolute Gasteiger partial charge is 0.268 e. The van der Waals surface area contributed by atoms with Crippen LogP contribution in [0, 0.1) is 5.41 Å². The predicted molar refractivity (Wildman–Crippen MR) is 79.6 cm³/mol. The van der Waals surface area contributed by atoms with Crippen molar-refractivity contribution in [2.75, 3.05) is 25.5 Å². The van der Waals surface area contributed by atoms with Crippen LogP contribution in [0.4, 0.5) is 5.69 Å². The summed E-state index contributed by atoms with van der Waals surface area (Å²) in [6.45, 7) is 7.35. The van der Waals surface area contributed by atoms with Gasteiger partial charge in [-0.15, -0.1) is 0 Å². The van der Waals surface area contributed by atoms with Crippen LogP contribution in [0.15, 0.2) is 12.3 Å². The topological polar surface area (TPSA) is 69.3 Å². The molecule has 1 aromatic heterocycles. The Kier molecular flexibility index (Phi) is 4.70. The third-order valence-corrected chi connectivity index (χ3v) is 3.99. The summed E-state index contributed by atoms with van der Waals surface area (Å²) in [6.07, 6.45) is 4.79. The highest BCUT2D eigenvalue weighted by molar-refractivity contribution is 5.93. The maximum atomic E-state index is 12.3. The maximum Gasteiger partial charge on any atom is 0.268 e. The molecular formula is C15H25N3O2. The number of hydrogen-bond donors (Lipinski definition) is 2. The number of nitrogens with two attached hydrogens (primary N) is 1. The third-order valence-electron chi connectivity index (χ3n) is 3.99. The first-order valence-electron chi connectivity index (χ1n) is 7.36. The summed E-state index contributed by atoms with van der Waals surface area (Å²) in [6, 6.07) is 1.75. The molecule has 0 atom stereocenters. The Morgan fingerprint density at radius 1 is 1.50 bits per heavy atom. The van der Waals surface area contributed by atoms with Gasteiger partial charge in [-0.3, -0.25) is 4.79 Å². The van der Waals surface area contributed by atoms with E-state index in [1.165, 1.54) is 0 Å². The van der Waals surface area contributed by atoms with Crippen molar-refractivity contribution in [1.29, 1.82) is 0 Å². The number of aromatic nitrogens is 1. The van der Waals surface area contributed by atoms with Crippen LogP contribution in [0.3, 0.4) is 0 Å². The summed E-state index contributed by atoms with van der Waals surface area (Å²) >= 11 is 0. The lowest BCUT2D eigenvalue weighted by molar-refractivity contribution is 0.0238. The van der Waals surface area contributed by atoms with Gasteiger partial charge in [0.05, 0.1) is 5.69 Å². The number of carbonyl (C=O) groups is 1. The highest BCUT2D eigenvalue weighted by Gasteiger charge is 2.28. The second-order valence-corrected chi connectivity index (χ2v) is 5.96. The minimum Gasteiger partial charge on any atom is -0.397 e. The molecule has 5 nitrogen and oxygen atoms in total. The van der Waals surface area contributed by atoms with E-state index < -0.39 is 0 Å². The van der Waals surface area contributed by atoms with Crippen molar-refractivity contribution in [2.45, 2.75) is 39.7 Å². The van der Waals surface area contributed by atoms with Gasteiger partial charge < -0.3 is 20.4 Å². The molecule has 5 heteroatoms. The number of anilines is 1. The molecule has 0 aliphatic carbocycles. The molecule has 0 radical (unpaired) electrons. The Balaban J connectivity index is 1.97. The van der Waals surface area contributed by atoms with Crippen molar-refractivity contribution in [3.05, 3.63) is 18.0 Å². The van der Waals surface area contributed by atoms with E-state index in [0.717, 1.165) is 39.0 Å². The van der Waals surface area contributed by atoms with Gasteiger partial charge in [0, 0.05) is 32.5 Å². The van der Waals surface area contributed by atoms with Crippen molar-refractivity contribution in [2.24, 2.45) is 5.41 Å². The van der Waals surface area contributed by atoms with Crippen molar-refractivity contribution in [1.82, 2.24) is 9.88 Å². The summed E-state index contributed by atoms with van der Waals surface area (Å²) in [5, 5.41) is 3.05. The highest BCUT2D eigenvalue weighted by Crippen LogP contribution is 2.28. The van der Waals surface area contributed by atoms with Crippen LogP contribution in [0.2, 0.25) is 0 Å². The van der Waals surface area contributed by atoms with E-state index in [4.69, 9.17) is 10.5 Å². The van der Waals surface area contributed by atoms with Crippen molar-refractivity contribution in [3.63, 3.8) is 0 Å². The number of hydrogen-bond acceptors (Lipinski definition) is 3.